The molecule has 0 aliphatic carbocycles. The third-order valence-corrected chi connectivity index (χ3v) is 8.43. The van der Waals surface area contributed by atoms with Gasteiger partial charge < -0.3 is 4.43 Å². The summed E-state index contributed by atoms with van der Waals surface area (Å²) in [5.41, 5.74) is 2.50. The van der Waals surface area contributed by atoms with Crippen molar-refractivity contribution in [1.29, 1.82) is 0 Å². The van der Waals surface area contributed by atoms with Crippen molar-refractivity contribution >= 4 is 19.7 Å². The molecule has 1 aromatic rings. The Labute approximate surface area is 103 Å². The van der Waals surface area contributed by atoms with Gasteiger partial charge in [0.2, 0.25) is 0 Å². The van der Waals surface area contributed by atoms with Crippen LogP contribution in [0.1, 0.15) is 31.3 Å². The van der Waals surface area contributed by atoms with Gasteiger partial charge >= 0.3 is 0 Å². The Morgan fingerprint density at radius 3 is 2.62 bits per heavy atom. The number of thiazole rings is 1. The minimum Gasteiger partial charge on any atom is -0.412 e. The average molecular weight is 253 g/mol. The summed E-state index contributed by atoms with van der Waals surface area (Å²) in [5.74, 6) is 2.59. The quantitative estimate of drug-likeness (QED) is 0.606. The van der Waals surface area contributed by atoms with Crippen LogP contribution in [0.2, 0.25) is 18.1 Å². The topological polar surface area (TPSA) is 22.1 Å². The van der Waals surface area contributed by atoms with Crippen LogP contribution in [0.15, 0.2) is 5.51 Å². The van der Waals surface area contributed by atoms with Crippen molar-refractivity contribution in [3.63, 3.8) is 0 Å². The van der Waals surface area contributed by atoms with E-state index in [1.807, 2.05) is 0 Å². The molecule has 1 heterocycles. The van der Waals surface area contributed by atoms with E-state index in [1.165, 1.54) is 0 Å². The van der Waals surface area contributed by atoms with Crippen molar-refractivity contribution in [3.8, 4) is 12.3 Å². The first-order valence-corrected chi connectivity index (χ1v) is 9.09. The molecule has 1 aromatic heterocycles. The molecule has 0 bridgehead atoms. The molecule has 0 unspecified atom stereocenters. The third-order valence-electron chi connectivity index (χ3n) is 3.15. The summed E-state index contributed by atoms with van der Waals surface area (Å²) in [6.07, 6.45) is 5.37. The molecule has 0 saturated carbocycles. The zero-order valence-corrected chi connectivity index (χ0v) is 12.4. The van der Waals surface area contributed by atoms with E-state index in [1.54, 1.807) is 16.8 Å². The van der Waals surface area contributed by atoms with Gasteiger partial charge in [-0.05, 0) is 24.1 Å². The number of aromatic nitrogens is 1. The average Bonchev–Trinajstić information content (AvgIpc) is 2.60. The molecule has 0 radical (unpaired) electrons. The molecule has 2 nitrogen and oxygen atoms in total. The molecule has 0 aliphatic heterocycles. The van der Waals surface area contributed by atoms with Gasteiger partial charge in [-0.15, -0.1) is 17.8 Å². The summed E-state index contributed by atoms with van der Waals surface area (Å²) in [4.78, 5) is 5.18. The zero-order chi connectivity index (χ0) is 12.4. The molecule has 0 fully saturated rings. The Balaban J connectivity index is 2.69. The van der Waals surface area contributed by atoms with Crippen molar-refractivity contribution in [2.75, 3.05) is 0 Å². The molecule has 88 valence electrons. The van der Waals surface area contributed by atoms with Crippen LogP contribution in [-0.4, -0.2) is 13.3 Å². The molecule has 0 atom stereocenters. The van der Waals surface area contributed by atoms with Gasteiger partial charge in [0.05, 0.1) is 17.0 Å². The monoisotopic (exact) mass is 253 g/mol. The van der Waals surface area contributed by atoms with Crippen LogP contribution in [-0.2, 0) is 11.0 Å². The van der Waals surface area contributed by atoms with Crippen molar-refractivity contribution in [2.24, 2.45) is 0 Å². The van der Waals surface area contributed by atoms with Gasteiger partial charge in [-0.1, -0.05) is 20.8 Å². The second kappa shape index (κ2) is 4.70. The summed E-state index contributed by atoms with van der Waals surface area (Å²) >= 11 is 1.57. The van der Waals surface area contributed by atoms with E-state index in [0.717, 1.165) is 10.6 Å². The maximum atomic E-state index is 6.09. The number of hydrogen-bond acceptors (Lipinski definition) is 3. The lowest BCUT2D eigenvalue weighted by atomic mass is 10.2. The molecule has 0 saturated heterocycles. The van der Waals surface area contributed by atoms with Crippen molar-refractivity contribution in [2.45, 2.75) is 45.5 Å². The van der Waals surface area contributed by atoms with Crippen LogP contribution in [0.4, 0.5) is 0 Å². The molecule has 16 heavy (non-hydrogen) atoms. The van der Waals surface area contributed by atoms with Crippen LogP contribution < -0.4 is 0 Å². The van der Waals surface area contributed by atoms with Gasteiger partial charge in [0.15, 0.2) is 8.32 Å². The fraction of sp³-hybridized carbons (Fsp3) is 0.583. The van der Waals surface area contributed by atoms with Gasteiger partial charge in [0, 0.05) is 0 Å². The first-order valence-electron chi connectivity index (χ1n) is 5.31. The van der Waals surface area contributed by atoms with Gasteiger partial charge in [-0.3, -0.25) is 0 Å². The zero-order valence-electron chi connectivity index (χ0n) is 10.6. The Morgan fingerprint density at radius 1 is 1.50 bits per heavy atom. The van der Waals surface area contributed by atoms with E-state index in [0.29, 0.717) is 6.61 Å². The molecule has 0 amide bonds. The molecular formula is C12H19NOSSi. The van der Waals surface area contributed by atoms with E-state index in [-0.39, 0.29) is 5.04 Å². The highest BCUT2D eigenvalue weighted by Crippen LogP contribution is 2.37. The van der Waals surface area contributed by atoms with Crippen LogP contribution >= 0.6 is 11.3 Å². The standard InChI is InChI=1S/C12H19NOSSi/c1-7-10-11(15-9-13-10)8-14-16(5,6)12(2,3)4/h1,9H,8H2,2-6H3. The fourth-order valence-electron chi connectivity index (χ4n) is 0.953. The highest BCUT2D eigenvalue weighted by molar-refractivity contribution is 7.09. The molecule has 0 spiro atoms. The summed E-state index contributed by atoms with van der Waals surface area (Å²) < 4.78 is 6.09. The maximum absolute atomic E-state index is 6.09. The summed E-state index contributed by atoms with van der Waals surface area (Å²) in [6.45, 7) is 11.8. The largest absolute Gasteiger partial charge is 0.412 e. The van der Waals surface area contributed by atoms with E-state index >= 15 is 0 Å². The van der Waals surface area contributed by atoms with Gasteiger partial charge in [-0.25, -0.2) is 4.98 Å². The van der Waals surface area contributed by atoms with Crippen molar-refractivity contribution in [3.05, 3.63) is 16.1 Å². The SMILES string of the molecule is C#Cc1ncsc1CO[Si](C)(C)C(C)(C)C. The van der Waals surface area contributed by atoms with Gasteiger partial charge in [-0.2, -0.15) is 0 Å². The summed E-state index contributed by atoms with van der Waals surface area (Å²) in [6, 6.07) is 0. The van der Waals surface area contributed by atoms with Gasteiger partial charge in [0.25, 0.3) is 0 Å². The first-order chi connectivity index (χ1) is 7.28. The van der Waals surface area contributed by atoms with E-state index < -0.39 is 8.32 Å². The van der Waals surface area contributed by atoms with Crippen molar-refractivity contribution in [1.82, 2.24) is 4.98 Å². The molecule has 0 N–H and O–H groups in total. The third kappa shape index (κ3) is 2.94. The maximum Gasteiger partial charge on any atom is 0.192 e. The second-order valence-electron chi connectivity index (χ2n) is 5.32. The fourth-order valence-corrected chi connectivity index (χ4v) is 2.63. The number of hydrogen-bond donors (Lipinski definition) is 0. The Bertz CT molecular complexity index is 398. The second-order valence-corrected chi connectivity index (χ2v) is 11.1. The minimum atomic E-state index is -1.69. The Morgan fingerprint density at radius 2 is 2.12 bits per heavy atom. The van der Waals surface area contributed by atoms with Gasteiger partial charge in [0.1, 0.15) is 5.69 Å². The van der Waals surface area contributed by atoms with E-state index in [9.17, 15) is 0 Å². The molecule has 1 rings (SSSR count). The smallest absolute Gasteiger partial charge is 0.192 e. The van der Waals surface area contributed by atoms with Crippen LogP contribution in [0.5, 0.6) is 0 Å². The van der Waals surface area contributed by atoms with E-state index in [4.69, 9.17) is 10.8 Å². The summed E-state index contributed by atoms with van der Waals surface area (Å²) in [5, 5.41) is 0.230. The van der Waals surface area contributed by atoms with Crippen LogP contribution in [0, 0.1) is 12.3 Å². The highest BCUT2D eigenvalue weighted by atomic mass is 32.1. The van der Waals surface area contributed by atoms with Crippen LogP contribution in [0.25, 0.3) is 0 Å². The lowest BCUT2D eigenvalue weighted by Crippen LogP contribution is -2.40. The highest BCUT2D eigenvalue weighted by Gasteiger charge is 2.37. The molecule has 0 aliphatic rings. The Hall–Kier alpha value is -0.633. The molecule has 0 aromatic carbocycles. The number of rotatable bonds is 3. The predicted molar refractivity (Wildman–Crippen MR) is 72.0 cm³/mol. The Kier molecular flexibility index (Phi) is 3.95. The lowest BCUT2D eigenvalue weighted by molar-refractivity contribution is 0.279. The van der Waals surface area contributed by atoms with Crippen LogP contribution in [0.3, 0.4) is 0 Å². The summed E-state index contributed by atoms with van der Waals surface area (Å²) in [7, 11) is -1.69. The predicted octanol–water partition coefficient (Wildman–Crippen LogP) is 3.65. The van der Waals surface area contributed by atoms with E-state index in [2.05, 4.69) is 44.8 Å². The van der Waals surface area contributed by atoms with Crippen molar-refractivity contribution < 1.29 is 4.43 Å². The number of terminal acetylenes is 1. The lowest BCUT2D eigenvalue weighted by Gasteiger charge is -2.36. The number of nitrogens with zero attached hydrogens (tertiary/aromatic N) is 1. The first kappa shape index (κ1) is 13.4. The molecular weight excluding hydrogens is 234 g/mol. The molecule has 4 heteroatoms. The normalized spacial score (nSPS) is 12.5. The minimum absolute atomic E-state index is 0.230.